The molecule has 0 fully saturated rings. The van der Waals surface area contributed by atoms with E-state index < -0.39 is 14.6 Å². The lowest BCUT2D eigenvalue weighted by Gasteiger charge is -2.26. The van der Waals surface area contributed by atoms with Crippen LogP contribution in [0.2, 0.25) is 0 Å². The maximum absolute atomic E-state index is 12.1. The Bertz CT molecular complexity index is 318. The smallest absolute Gasteiger partial charge is 0.156 e. The maximum atomic E-state index is 12.1. The Kier molecular flexibility index (Phi) is 7.40. The van der Waals surface area contributed by atoms with Crippen LogP contribution in [0.25, 0.3) is 0 Å². The first kappa shape index (κ1) is 17.9. The van der Waals surface area contributed by atoms with Crippen LogP contribution >= 0.6 is 0 Å². The van der Waals surface area contributed by atoms with Crippen LogP contribution in [0.5, 0.6) is 0 Å². The van der Waals surface area contributed by atoms with Gasteiger partial charge in [0.25, 0.3) is 0 Å². The number of nitrogens with zero attached hydrogens (tertiary/aromatic N) is 1. The van der Waals surface area contributed by atoms with E-state index >= 15 is 0 Å². The average Bonchev–Trinajstić information content (AvgIpc) is 2.20. The Balaban J connectivity index is 4.42. The minimum Gasteiger partial charge on any atom is -0.330 e. The molecule has 0 heterocycles. The van der Waals surface area contributed by atoms with Crippen LogP contribution in [-0.4, -0.2) is 50.0 Å². The summed E-state index contributed by atoms with van der Waals surface area (Å²) in [5.74, 6) is 0.772. The summed E-state index contributed by atoms with van der Waals surface area (Å²) in [5.41, 5.74) is 5.51. The second kappa shape index (κ2) is 7.46. The van der Waals surface area contributed by atoms with Crippen LogP contribution in [0.4, 0.5) is 0 Å². The van der Waals surface area contributed by atoms with Crippen molar-refractivity contribution < 1.29 is 8.42 Å². The highest BCUT2D eigenvalue weighted by Crippen LogP contribution is 2.16. The molecule has 5 heteroatoms. The number of hydrogen-bond acceptors (Lipinski definition) is 4. The lowest BCUT2D eigenvalue weighted by atomic mass is 10.2. The van der Waals surface area contributed by atoms with Crippen molar-refractivity contribution in [1.82, 2.24) is 4.90 Å². The van der Waals surface area contributed by atoms with E-state index in [4.69, 9.17) is 5.73 Å². The molecular weight excluding hydrogens is 248 g/mol. The highest BCUT2D eigenvalue weighted by molar-refractivity contribution is 7.92. The molecule has 0 aromatic carbocycles. The van der Waals surface area contributed by atoms with Gasteiger partial charge in [-0.15, -0.1) is 0 Å². The summed E-state index contributed by atoms with van der Waals surface area (Å²) in [6, 6.07) is 0. The quantitative estimate of drug-likeness (QED) is 0.731. The normalized spacial score (nSPS) is 13.6. The van der Waals surface area contributed by atoms with Crippen molar-refractivity contribution in [2.24, 2.45) is 11.7 Å². The number of nitrogens with two attached hydrogens (primary N) is 1. The van der Waals surface area contributed by atoms with Gasteiger partial charge in [-0.3, -0.25) is 0 Å². The van der Waals surface area contributed by atoms with Crippen molar-refractivity contribution in [2.45, 2.75) is 45.8 Å². The standard InChI is InChI=1S/C13H30N2O2S/c1-12(2)11-15(8-6-7-14)9-10-18(16,17)13(3,4)5/h12H,6-11,14H2,1-5H3. The molecule has 0 unspecified atom stereocenters. The zero-order valence-corrected chi connectivity index (χ0v) is 13.4. The van der Waals surface area contributed by atoms with Crippen LogP contribution in [0.1, 0.15) is 41.0 Å². The summed E-state index contributed by atoms with van der Waals surface area (Å²) in [4.78, 5) is 2.21. The van der Waals surface area contributed by atoms with Gasteiger partial charge in [-0.1, -0.05) is 13.8 Å². The number of rotatable bonds is 8. The topological polar surface area (TPSA) is 63.4 Å². The van der Waals surface area contributed by atoms with Gasteiger partial charge >= 0.3 is 0 Å². The van der Waals surface area contributed by atoms with Crippen LogP contribution < -0.4 is 5.73 Å². The zero-order chi connectivity index (χ0) is 14.4. The van der Waals surface area contributed by atoms with E-state index in [-0.39, 0.29) is 5.75 Å². The zero-order valence-electron chi connectivity index (χ0n) is 12.6. The molecule has 0 rings (SSSR count). The summed E-state index contributed by atoms with van der Waals surface area (Å²) >= 11 is 0. The number of hydrogen-bond donors (Lipinski definition) is 1. The fourth-order valence-corrected chi connectivity index (χ4v) is 2.79. The first-order chi connectivity index (χ1) is 8.10. The monoisotopic (exact) mass is 278 g/mol. The fourth-order valence-electron chi connectivity index (χ4n) is 1.68. The number of sulfone groups is 1. The summed E-state index contributed by atoms with van der Waals surface area (Å²) in [5, 5.41) is 0. The Morgan fingerprint density at radius 3 is 2.11 bits per heavy atom. The molecule has 18 heavy (non-hydrogen) atoms. The van der Waals surface area contributed by atoms with E-state index in [1.165, 1.54) is 0 Å². The molecule has 0 aromatic rings. The Morgan fingerprint density at radius 1 is 1.17 bits per heavy atom. The van der Waals surface area contributed by atoms with E-state index in [9.17, 15) is 8.42 Å². The largest absolute Gasteiger partial charge is 0.330 e. The Morgan fingerprint density at radius 2 is 1.72 bits per heavy atom. The van der Waals surface area contributed by atoms with Crippen LogP contribution in [0.15, 0.2) is 0 Å². The molecule has 0 saturated heterocycles. The Labute approximate surface area is 113 Å². The van der Waals surface area contributed by atoms with Crippen molar-refractivity contribution in [1.29, 1.82) is 0 Å². The van der Waals surface area contributed by atoms with Crippen molar-refractivity contribution in [3.05, 3.63) is 0 Å². The minimum absolute atomic E-state index is 0.230. The molecule has 0 amide bonds. The van der Waals surface area contributed by atoms with Gasteiger partial charge in [0.05, 0.1) is 10.5 Å². The molecule has 2 N–H and O–H groups in total. The highest BCUT2D eigenvalue weighted by Gasteiger charge is 2.28. The third-order valence-corrected chi connectivity index (χ3v) is 5.50. The Hall–Kier alpha value is -0.130. The molecule has 0 aliphatic rings. The van der Waals surface area contributed by atoms with Gasteiger partial charge < -0.3 is 10.6 Å². The molecule has 0 aliphatic heterocycles. The summed E-state index contributed by atoms with van der Waals surface area (Å²) < 4.78 is 23.5. The van der Waals surface area contributed by atoms with Crippen LogP contribution in [0, 0.1) is 5.92 Å². The van der Waals surface area contributed by atoms with Crippen molar-refractivity contribution in [3.8, 4) is 0 Å². The lowest BCUT2D eigenvalue weighted by molar-refractivity contribution is 0.255. The van der Waals surface area contributed by atoms with Gasteiger partial charge in [-0.2, -0.15) is 0 Å². The predicted molar refractivity (Wildman–Crippen MR) is 78.5 cm³/mol. The third-order valence-electron chi connectivity index (χ3n) is 2.91. The fraction of sp³-hybridized carbons (Fsp3) is 1.00. The molecular formula is C13H30N2O2S. The van der Waals surface area contributed by atoms with Gasteiger partial charge in [-0.05, 0) is 46.2 Å². The van der Waals surface area contributed by atoms with Crippen LogP contribution in [-0.2, 0) is 9.84 Å². The SMILES string of the molecule is CC(C)CN(CCCN)CCS(=O)(=O)C(C)(C)C. The first-order valence-electron chi connectivity index (χ1n) is 6.75. The maximum Gasteiger partial charge on any atom is 0.156 e. The van der Waals surface area contributed by atoms with Crippen LogP contribution in [0.3, 0.4) is 0 Å². The van der Waals surface area contributed by atoms with Crippen molar-refractivity contribution in [2.75, 3.05) is 31.9 Å². The van der Waals surface area contributed by atoms with Gasteiger partial charge in [0, 0.05) is 13.1 Å². The highest BCUT2D eigenvalue weighted by atomic mass is 32.2. The third kappa shape index (κ3) is 6.71. The molecule has 0 atom stereocenters. The molecule has 4 nitrogen and oxygen atoms in total. The molecule has 0 bridgehead atoms. The molecule has 0 radical (unpaired) electrons. The van der Waals surface area contributed by atoms with Gasteiger partial charge in [0.15, 0.2) is 9.84 Å². The molecule has 0 spiro atoms. The van der Waals surface area contributed by atoms with Crippen molar-refractivity contribution in [3.63, 3.8) is 0 Å². The minimum atomic E-state index is -3.03. The van der Waals surface area contributed by atoms with Gasteiger partial charge in [-0.25, -0.2) is 8.42 Å². The first-order valence-corrected chi connectivity index (χ1v) is 8.40. The van der Waals surface area contributed by atoms with E-state index in [2.05, 4.69) is 18.7 Å². The second-order valence-corrected chi connectivity index (χ2v) is 9.13. The second-order valence-electron chi connectivity index (χ2n) is 6.27. The summed E-state index contributed by atoms with van der Waals surface area (Å²) in [6.07, 6.45) is 0.919. The van der Waals surface area contributed by atoms with Gasteiger partial charge in [0.1, 0.15) is 0 Å². The molecule has 0 saturated carbocycles. The molecule has 0 aliphatic carbocycles. The molecule has 110 valence electrons. The molecule has 0 aromatic heterocycles. The van der Waals surface area contributed by atoms with Crippen molar-refractivity contribution >= 4 is 9.84 Å². The van der Waals surface area contributed by atoms with Gasteiger partial charge in [0.2, 0.25) is 0 Å². The lowest BCUT2D eigenvalue weighted by Crippen LogP contribution is -2.38. The predicted octanol–water partition coefficient (Wildman–Crippen LogP) is 1.51. The van der Waals surface area contributed by atoms with E-state index in [1.807, 2.05) is 0 Å². The van der Waals surface area contributed by atoms with E-state index in [0.717, 1.165) is 19.5 Å². The van der Waals surface area contributed by atoms with E-state index in [0.29, 0.717) is 19.0 Å². The average molecular weight is 278 g/mol. The summed E-state index contributed by atoms with van der Waals surface area (Å²) in [6.45, 7) is 12.6. The van der Waals surface area contributed by atoms with E-state index in [1.54, 1.807) is 20.8 Å². The summed E-state index contributed by atoms with van der Waals surface area (Å²) in [7, 11) is -3.03.